The Morgan fingerprint density at radius 1 is 1.50 bits per heavy atom. The Labute approximate surface area is 110 Å². The van der Waals surface area contributed by atoms with Crippen molar-refractivity contribution in [2.45, 2.75) is 64.5 Å². The van der Waals surface area contributed by atoms with E-state index in [1.807, 2.05) is 13.8 Å². The summed E-state index contributed by atoms with van der Waals surface area (Å²) >= 11 is 0. The van der Waals surface area contributed by atoms with Crippen LogP contribution >= 0.6 is 0 Å². The maximum Gasteiger partial charge on any atom is 0.237 e. The van der Waals surface area contributed by atoms with Crippen LogP contribution in [0.3, 0.4) is 0 Å². The lowest BCUT2D eigenvalue weighted by Gasteiger charge is -2.39. The number of hydrogen-bond donors (Lipinski definition) is 3. The van der Waals surface area contributed by atoms with Gasteiger partial charge in [-0.05, 0) is 37.5 Å². The molecule has 4 N–H and O–H groups in total. The predicted molar refractivity (Wildman–Crippen MR) is 73.0 cm³/mol. The third-order valence-electron chi connectivity index (χ3n) is 4.48. The molecule has 1 aliphatic carbocycles. The standard InChI is InChI=1S/C14H28N2O2/c1-4-11(3)12(15)13(18)16-14(9-17)7-5-10(2)6-8-14/h10-12,17H,4-9,15H2,1-3H3,(H,16,18)/t10?,11-,12-,14?/m0/s1. The Bertz CT molecular complexity index is 273. The highest BCUT2D eigenvalue weighted by Crippen LogP contribution is 2.31. The fraction of sp³-hybridized carbons (Fsp3) is 0.929. The van der Waals surface area contributed by atoms with Crippen LogP contribution in [0, 0.1) is 11.8 Å². The Hall–Kier alpha value is -0.610. The lowest BCUT2D eigenvalue weighted by molar-refractivity contribution is -0.126. The zero-order chi connectivity index (χ0) is 13.8. The van der Waals surface area contributed by atoms with Crippen molar-refractivity contribution in [2.24, 2.45) is 17.6 Å². The first-order valence-corrected chi connectivity index (χ1v) is 7.12. The second kappa shape index (κ2) is 6.53. The van der Waals surface area contributed by atoms with E-state index in [0.717, 1.165) is 32.1 Å². The number of amides is 1. The Kier molecular flexibility index (Phi) is 5.60. The van der Waals surface area contributed by atoms with Crippen molar-refractivity contribution in [2.75, 3.05) is 6.61 Å². The quantitative estimate of drug-likeness (QED) is 0.696. The van der Waals surface area contributed by atoms with Gasteiger partial charge >= 0.3 is 0 Å². The van der Waals surface area contributed by atoms with Crippen LogP contribution in [0.5, 0.6) is 0 Å². The molecule has 0 bridgehead atoms. The van der Waals surface area contributed by atoms with E-state index < -0.39 is 11.6 Å². The molecule has 0 aromatic heterocycles. The molecule has 1 rings (SSSR count). The van der Waals surface area contributed by atoms with Gasteiger partial charge in [0.05, 0.1) is 18.2 Å². The number of hydrogen-bond acceptors (Lipinski definition) is 3. The zero-order valence-corrected chi connectivity index (χ0v) is 11.9. The average molecular weight is 256 g/mol. The van der Waals surface area contributed by atoms with Crippen LogP contribution in [0.2, 0.25) is 0 Å². The second-order valence-electron chi connectivity index (χ2n) is 6.02. The number of nitrogens with two attached hydrogens (primary N) is 1. The summed E-state index contributed by atoms with van der Waals surface area (Å²) in [6, 6.07) is -0.474. The average Bonchev–Trinajstić information content (AvgIpc) is 2.39. The third kappa shape index (κ3) is 3.69. The molecule has 0 aromatic rings. The molecule has 18 heavy (non-hydrogen) atoms. The molecule has 4 nitrogen and oxygen atoms in total. The van der Waals surface area contributed by atoms with Crippen molar-refractivity contribution >= 4 is 5.91 Å². The SMILES string of the molecule is CC[C@H](C)[C@H](N)C(=O)NC1(CO)CCC(C)CC1. The number of aliphatic hydroxyl groups excluding tert-OH is 1. The topological polar surface area (TPSA) is 75.4 Å². The molecule has 0 spiro atoms. The smallest absolute Gasteiger partial charge is 0.237 e. The minimum Gasteiger partial charge on any atom is -0.394 e. The Morgan fingerprint density at radius 3 is 2.50 bits per heavy atom. The molecule has 0 saturated heterocycles. The van der Waals surface area contributed by atoms with Crippen LogP contribution < -0.4 is 11.1 Å². The molecule has 0 heterocycles. The van der Waals surface area contributed by atoms with E-state index in [2.05, 4.69) is 12.2 Å². The maximum atomic E-state index is 12.1. The van der Waals surface area contributed by atoms with E-state index >= 15 is 0 Å². The van der Waals surface area contributed by atoms with Gasteiger partial charge in [-0.1, -0.05) is 27.2 Å². The van der Waals surface area contributed by atoms with Crippen LogP contribution in [0.4, 0.5) is 0 Å². The number of carbonyl (C=O) groups is 1. The van der Waals surface area contributed by atoms with Crippen LogP contribution in [-0.2, 0) is 4.79 Å². The van der Waals surface area contributed by atoms with Gasteiger partial charge in [-0.15, -0.1) is 0 Å². The highest BCUT2D eigenvalue weighted by molar-refractivity contribution is 5.82. The van der Waals surface area contributed by atoms with Gasteiger partial charge in [0.2, 0.25) is 5.91 Å². The summed E-state index contributed by atoms with van der Waals surface area (Å²) < 4.78 is 0. The molecule has 4 heteroatoms. The molecule has 2 atom stereocenters. The number of rotatable bonds is 5. The van der Waals surface area contributed by atoms with Gasteiger partial charge in [-0.3, -0.25) is 4.79 Å². The highest BCUT2D eigenvalue weighted by atomic mass is 16.3. The molecule has 0 radical (unpaired) electrons. The van der Waals surface area contributed by atoms with Gasteiger partial charge in [-0.2, -0.15) is 0 Å². The summed E-state index contributed by atoms with van der Waals surface area (Å²) in [4.78, 5) is 12.1. The summed E-state index contributed by atoms with van der Waals surface area (Å²) in [5.41, 5.74) is 5.50. The normalized spacial score (nSPS) is 31.7. The van der Waals surface area contributed by atoms with E-state index in [1.54, 1.807) is 0 Å². The minimum atomic E-state index is -0.474. The maximum absolute atomic E-state index is 12.1. The second-order valence-corrected chi connectivity index (χ2v) is 6.02. The first-order chi connectivity index (χ1) is 8.44. The fourth-order valence-electron chi connectivity index (χ4n) is 2.49. The molecule has 0 aliphatic heterocycles. The number of aliphatic hydroxyl groups is 1. The van der Waals surface area contributed by atoms with Gasteiger partial charge in [-0.25, -0.2) is 0 Å². The molecule has 0 unspecified atom stereocenters. The van der Waals surface area contributed by atoms with Gasteiger partial charge < -0.3 is 16.2 Å². The Balaban J connectivity index is 2.60. The van der Waals surface area contributed by atoms with Crippen molar-refractivity contribution < 1.29 is 9.90 Å². The molecule has 0 aromatic carbocycles. The van der Waals surface area contributed by atoms with E-state index in [1.165, 1.54) is 0 Å². The summed E-state index contributed by atoms with van der Waals surface area (Å²) in [6.45, 7) is 6.24. The molecule has 1 saturated carbocycles. The lowest BCUT2D eigenvalue weighted by Crippen LogP contribution is -2.58. The molecular weight excluding hydrogens is 228 g/mol. The van der Waals surface area contributed by atoms with Gasteiger partial charge in [0.1, 0.15) is 0 Å². The molecular formula is C14H28N2O2. The third-order valence-corrected chi connectivity index (χ3v) is 4.48. The van der Waals surface area contributed by atoms with Gasteiger partial charge in [0, 0.05) is 0 Å². The van der Waals surface area contributed by atoms with E-state index in [0.29, 0.717) is 5.92 Å². The van der Waals surface area contributed by atoms with Crippen molar-refractivity contribution in [3.63, 3.8) is 0 Å². The summed E-state index contributed by atoms with van der Waals surface area (Å²) in [7, 11) is 0. The molecule has 1 fully saturated rings. The molecule has 1 amide bonds. The van der Waals surface area contributed by atoms with E-state index in [9.17, 15) is 9.90 Å². The van der Waals surface area contributed by atoms with E-state index in [4.69, 9.17) is 5.73 Å². The number of nitrogens with one attached hydrogen (secondary N) is 1. The Morgan fingerprint density at radius 2 is 2.06 bits per heavy atom. The lowest BCUT2D eigenvalue weighted by atomic mass is 9.77. The zero-order valence-electron chi connectivity index (χ0n) is 11.9. The minimum absolute atomic E-state index is 0.0126. The number of carbonyl (C=O) groups excluding carboxylic acids is 1. The summed E-state index contributed by atoms with van der Waals surface area (Å²) in [6.07, 6.45) is 4.70. The first kappa shape index (κ1) is 15.4. The van der Waals surface area contributed by atoms with Crippen LogP contribution in [0.15, 0.2) is 0 Å². The largest absolute Gasteiger partial charge is 0.394 e. The summed E-state index contributed by atoms with van der Waals surface area (Å²) in [5, 5.41) is 12.6. The molecule has 1 aliphatic rings. The van der Waals surface area contributed by atoms with Crippen LogP contribution in [-0.4, -0.2) is 29.2 Å². The predicted octanol–water partition coefficient (Wildman–Crippen LogP) is 1.42. The highest BCUT2D eigenvalue weighted by Gasteiger charge is 2.36. The fourth-order valence-corrected chi connectivity index (χ4v) is 2.49. The van der Waals surface area contributed by atoms with Crippen molar-refractivity contribution in [3.05, 3.63) is 0 Å². The van der Waals surface area contributed by atoms with Crippen LogP contribution in [0.1, 0.15) is 52.9 Å². The monoisotopic (exact) mass is 256 g/mol. The van der Waals surface area contributed by atoms with Gasteiger partial charge in [0.25, 0.3) is 0 Å². The van der Waals surface area contributed by atoms with Crippen LogP contribution in [0.25, 0.3) is 0 Å². The van der Waals surface area contributed by atoms with Gasteiger partial charge in [0.15, 0.2) is 0 Å². The van der Waals surface area contributed by atoms with E-state index in [-0.39, 0.29) is 18.4 Å². The molecule has 106 valence electrons. The van der Waals surface area contributed by atoms with Crippen molar-refractivity contribution in [1.29, 1.82) is 0 Å². The van der Waals surface area contributed by atoms with Crippen molar-refractivity contribution in [1.82, 2.24) is 5.32 Å². The van der Waals surface area contributed by atoms with Crippen molar-refractivity contribution in [3.8, 4) is 0 Å². The summed E-state index contributed by atoms with van der Waals surface area (Å²) in [5.74, 6) is 0.737. The first-order valence-electron chi connectivity index (χ1n) is 7.12.